The van der Waals surface area contributed by atoms with Gasteiger partial charge in [0.15, 0.2) is 0 Å². The Hall–Kier alpha value is -2.60. The standard InChI is InChI=1S/C14H11ClN4O2/c15-11-5-8(6-12(16)18-11)14(21)19-7-13(20)17-9-3-1-2-4-10(9)19/h1-6H,7H2,(H2,16,18)(H,17,20). The molecule has 3 N–H and O–H groups in total. The normalized spacial score (nSPS) is 13.6. The van der Waals surface area contributed by atoms with Gasteiger partial charge in [-0.2, -0.15) is 0 Å². The Morgan fingerprint density at radius 1 is 1.33 bits per heavy atom. The lowest BCUT2D eigenvalue weighted by molar-refractivity contribution is -0.115. The van der Waals surface area contributed by atoms with Crippen molar-refractivity contribution in [3.8, 4) is 0 Å². The van der Waals surface area contributed by atoms with Gasteiger partial charge in [0.2, 0.25) is 5.91 Å². The number of nitrogens with two attached hydrogens (primary N) is 1. The molecule has 2 amide bonds. The van der Waals surface area contributed by atoms with E-state index in [9.17, 15) is 9.59 Å². The highest BCUT2D eigenvalue weighted by Crippen LogP contribution is 2.30. The fourth-order valence-corrected chi connectivity index (χ4v) is 2.43. The smallest absolute Gasteiger partial charge is 0.259 e. The van der Waals surface area contributed by atoms with Crippen molar-refractivity contribution >= 4 is 40.6 Å². The molecular weight excluding hydrogens is 292 g/mol. The average Bonchev–Trinajstić information content (AvgIpc) is 2.44. The molecule has 21 heavy (non-hydrogen) atoms. The lowest BCUT2D eigenvalue weighted by atomic mass is 10.1. The minimum absolute atomic E-state index is 0.0598. The van der Waals surface area contributed by atoms with Gasteiger partial charge in [-0.15, -0.1) is 0 Å². The highest BCUT2D eigenvalue weighted by atomic mass is 35.5. The molecule has 0 saturated carbocycles. The zero-order valence-corrected chi connectivity index (χ0v) is 11.6. The number of carbonyl (C=O) groups excluding carboxylic acids is 2. The van der Waals surface area contributed by atoms with E-state index in [1.807, 2.05) is 0 Å². The predicted molar refractivity (Wildman–Crippen MR) is 80.4 cm³/mol. The third-order valence-electron chi connectivity index (χ3n) is 3.08. The van der Waals surface area contributed by atoms with Gasteiger partial charge >= 0.3 is 0 Å². The Bertz CT molecular complexity index is 727. The van der Waals surface area contributed by atoms with Gasteiger partial charge in [-0.1, -0.05) is 23.7 Å². The van der Waals surface area contributed by atoms with Crippen LogP contribution in [0, 0.1) is 0 Å². The van der Waals surface area contributed by atoms with E-state index < -0.39 is 0 Å². The van der Waals surface area contributed by atoms with Crippen molar-refractivity contribution in [3.63, 3.8) is 0 Å². The first-order valence-electron chi connectivity index (χ1n) is 6.18. The minimum atomic E-state index is -0.353. The van der Waals surface area contributed by atoms with Gasteiger partial charge in [-0.25, -0.2) is 4.98 Å². The molecule has 7 heteroatoms. The number of aromatic nitrogens is 1. The van der Waals surface area contributed by atoms with Crippen molar-refractivity contribution in [2.24, 2.45) is 0 Å². The van der Waals surface area contributed by atoms with E-state index in [0.29, 0.717) is 11.4 Å². The van der Waals surface area contributed by atoms with Crippen LogP contribution in [-0.4, -0.2) is 23.3 Å². The molecule has 0 saturated heterocycles. The molecule has 2 aromatic rings. The van der Waals surface area contributed by atoms with Gasteiger partial charge in [0.1, 0.15) is 17.5 Å². The summed E-state index contributed by atoms with van der Waals surface area (Å²) < 4.78 is 0. The lowest BCUT2D eigenvalue weighted by Gasteiger charge is -2.29. The number of carbonyl (C=O) groups is 2. The van der Waals surface area contributed by atoms with Crippen molar-refractivity contribution in [2.75, 3.05) is 22.5 Å². The number of benzene rings is 1. The summed E-state index contributed by atoms with van der Waals surface area (Å²) in [7, 11) is 0. The summed E-state index contributed by atoms with van der Waals surface area (Å²) in [6.45, 7) is -0.0598. The van der Waals surface area contributed by atoms with Gasteiger partial charge in [-0.05, 0) is 24.3 Å². The van der Waals surface area contributed by atoms with E-state index in [2.05, 4.69) is 10.3 Å². The molecule has 0 fully saturated rings. The second kappa shape index (κ2) is 5.06. The van der Waals surface area contributed by atoms with Crippen molar-refractivity contribution in [1.29, 1.82) is 0 Å². The number of hydrogen-bond donors (Lipinski definition) is 2. The number of anilines is 3. The number of nitrogens with zero attached hydrogens (tertiary/aromatic N) is 2. The molecule has 0 atom stereocenters. The summed E-state index contributed by atoms with van der Waals surface area (Å²) in [6.07, 6.45) is 0. The highest BCUT2D eigenvalue weighted by molar-refractivity contribution is 6.30. The molecule has 1 aromatic carbocycles. The summed E-state index contributed by atoms with van der Waals surface area (Å²) in [5, 5.41) is 2.86. The summed E-state index contributed by atoms with van der Waals surface area (Å²) >= 11 is 5.82. The maximum atomic E-state index is 12.6. The summed E-state index contributed by atoms with van der Waals surface area (Å²) in [4.78, 5) is 29.6. The Labute approximate surface area is 125 Å². The first kappa shape index (κ1) is 13.4. The molecule has 106 valence electrons. The van der Waals surface area contributed by atoms with Gasteiger partial charge < -0.3 is 11.1 Å². The average molecular weight is 303 g/mol. The van der Waals surface area contributed by atoms with E-state index in [1.165, 1.54) is 17.0 Å². The number of halogens is 1. The number of nitrogens with one attached hydrogen (secondary N) is 1. The Morgan fingerprint density at radius 2 is 2.10 bits per heavy atom. The van der Waals surface area contributed by atoms with Crippen molar-refractivity contribution in [1.82, 2.24) is 4.98 Å². The summed E-state index contributed by atoms with van der Waals surface area (Å²) in [5.41, 5.74) is 7.12. The zero-order chi connectivity index (χ0) is 15.0. The van der Waals surface area contributed by atoms with Gasteiger partial charge in [-0.3, -0.25) is 14.5 Å². The van der Waals surface area contributed by atoms with Gasteiger partial charge in [0.25, 0.3) is 5.91 Å². The monoisotopic (exact) mass is 302 g/mol. The first-order chi connectivity index (χ1) is 10.0. The molecule has 3 rings (SSSR count). The van der Waals surface area contributed by atoms with Gasteiger partial charge in [0.05, 0.1) is 11.4 Å². The molecule has 0 spiro atoms. The minimum Gasteiger partial charge on any atom is -0.384 e. The van der Waals surface area contributed by atoms with E-state index in [-0.39, 0.29) is 34.9 Å². The van der Waals surface area contributed by atoms with E-state index in [4.69, 9.17) is 17.3 Å². The molecule has 0 aliphatic carbocycles. The largest absolute Gasteiger partial charge is 0.384 e. The van der Waals surface area contributed by atoms with Crippen LogP contribution in [0.15, 0.2) is 36.4 Å². The molecule has 1 aliphatic heterocycles. The second-order valence-corrected chi connectivity index (χ2v) is 4.95. The first-order valence-corrected chi connectivity index (χ1v) is 6.56. The molecule has 0 bridgehead atoms. The quantitative estimate of drug-likeness (QED) is 0.788. The number of amides is 2. The Kier molecular flexibility index (Phi) is 3.23. The summed E-state index contributed by atoms with van der Waals surface area (Å²) in [6, 6.07) is 9.94. The van der Waals surface area contributed by atoms with Crippen LogP contribution in [0.1, 0.15) is 10.4 Å². The van der Waals surface area contributed by atoms with Crippen LogP contribution < -0.4 is 16.0 Å². The number of para-hydroxylation sites is 2. The molecule has 6 nitrogen and oxygen atoms in total. The van der Waals surface area contributed by atoms with E-state index in [1.54, 1.807) is 24.3 Å². The maximum absolute atomic E-state index is 12.6. The third-order valence-corrected chi connectivity index (χ3v) is 3.27. The van der Waals surface area contributed by atoms with Crippen LogP contribution in [-0.2, 0) is 4.79 Å². The van der Waals surface area contributed by atoms with Gasteiger partial charge in [0, 0.05) is 5.56 Å². The van der Waals surface area contributed by atoms with Crippen LogP contribution in [0.25, 0.3) is 0 Å². The van der Waals surface area contributed by atoms with Crippen LogP contribution in [0.2, 0.25) is 5.15 Å². The van der Waals surface area contributed by atoms with Crippen molar-refractivity contribution < 1.29 is 9.59 Å². The fourth-order valence-electron chi connectivity index (χ4n) is 2.21. The molecular formula is C14H11ClN4O2. The Morgan fingerprint density at radius 3 is 2.86 bits per heavy atom. The number of nitrogen functional groups attached to an aromatic ring is 1. The number of hydrogen-bond acceptors (Lipinski definition) is 4. The van der Waals surface area contributed by atoms with Crippen LogP contribution in [0.5, 0.6) is 0 Å². The molecule has 0 unspecified atom stereocenters. The van der Waals surface area contributed by atoms with Crippen LogP contribution in [0.3, 0.4) is 0 Å². The topological polar surface area (TPSA) is 88.3 Å². The lowest BCUT2D eigenvalue weighted by Crippen LogP contribution is -2.42. The number of fused-ring (bicyclic) bond motifs is 1. The molecule has 2 heterocycles. The Balaban J connectivity index is 2.03. The zero-order valence-electron chi connectivity index (χ0n) is 10.8. The third kappa shape index (κ3) is 2.53. The van der Waals surface area contributed by atoms with E-state index in [0.717, 1.165) is 0 Å². The van der Waals surface area contributed by atoms with E-state index >= 15 is 0 Å². The van der Waals surface area contributed by atoms with Crippen molar-refractivity contribution in [3.05, 3.63) is 47.1 Å². The maximum Gasteiger partial charge on any atom is 0.259 e. The fraction of sp³-hybridized carbons (Fsp3) is 0.0714. The van der Waals surface area contributed by atoms with Crippen LogP contribution >= 0.6 is 11.6 Å². The van der Waals surface area contributed by atoms with Crippen LogP contribution in [0.4, 0.5) is 17.2 Å². The second-order valence-electron chi connectivity index (χ2n) is 4.56. The molecule has 0 radical (unpaired) electrons. The summed E-state index contributed by atoms with van der Waals surface area (Å²) in [5.74, 6) is -0.455. The number of pyridine rings is 1. The molecule has 1 aliphatic rings. The highest BCUT2D eigenvalue weighted by Gasteiger charge is 2.27. The predicted octanol–water partition coefficient (Wildman–Crippen LogP) is 1.92. The number of rotatable bonds is 1. The van der Waals surface area contributed by atoms with Crippen molar-refractivity contribution in [2.45, 2.75) is 0 Å². The SMILES string of the molecule is Nc1cc(C(=O)N2CC(=O)Nc3ccccc32)cc(Cl)n1. The molecule has 1 aromatic heterocycles.